The van der Waals surface area contributed by atoms with Gasteiger partial charge in [0.25, 0.3) is 0 Å². The fourth-order valence-electron chi connectivity index (χ4n) is 3.77. The Morgan fingerprint density at radius 1 is 1.03 bits per heavy atom. The summed E-state index contributed by atoms with van der Waals surface area (Å²) < 4.78 is 11.1. The Bertz CT molecular complexity index is 1110. The van der Waals surface area contributed by atoms with Crippen LogP contribution >= 0.6 is 0 Å². The Hall–Kier alpha value is -3.68. The lowest BCUT2D eigenvalue weighted by Crippen LogP contribution is -2.35. The van der Waals surface area contributed by atoms with Gasteiger partial charge in [0.2, 0.25) is 11.9 Å². The van der Waals surface area contributed by atoms with Crippen LogP contribution in [0, 0.1) is 5.92 Å². The summed E-state index contributed by atoms with van der Waals surface area (Å²) in [5.74, 6) is 3.35. The van der Waals surface area contributed by atoms with Crippen molar-refractivity contribution in [3.05, 3.63) is 66.0 Å². The van der Waals surface area contributed by atoms with Gasteiger partial charge in [0, 0.05) is 6.42 Å². The van der Waals surface area contributed by atoms with E-state index in [9.17, 15) is 4.79 Å². The van der Waals surface area contributed by atoms with Gasteiger partial charge in [-0.15, -0.1) is 0 Å². The van der Waals surface area contributed by atoms with E-state index in [4.69, 9.17) is 9.47 Å². The van der Waals surface area contributed by atoms with E-state index in [0.717, 1.165) is 23.5 Å². The number of nitrogens with zero attached hydrogens (tertiary/aromatic N) is 4. The van der Waals surface area contributed by atoms with E-state index in [-0.39, 0.29) is 12.1 Å². The van der Waals surface area contributed by atoms with Gasteiger partial charge in [-0.25, -0.2) is 9.69 Å². The fraction of sp³-hybridized carbons (Fsp3) is 0.385. The molecule has 34 heavy (non-hydrogen) atoms. The number of cyclic esters (lactones) is 1. The molecule has 4 rings (SSSR count). The lowest BCUT2D eigenvalue weighted by molar-refractivity contribution is 0.178. The lowest BCUT2D eigenvalue weighted by atomic mass is 10.1. The first-order valence-electron chi connectivity index (χ1n) is 11.7. The monoisotopic (exact) mass is 461 g/mol. The largest absolute Gasteiger partial charge is 0.457 e. The van der Waals surface area contributed by atoms with Crippen LogP contribution in [-0.2, 0) is 11.2 Å². The number of ether oxygens (including phenoxy) is 2. The van der Waals surface area contributed by atoms with Crippen LogP contribution in [-0.4, -0.2) is 33.7 Å². The molecule has 2 atom stereocenters. The fourth-order valence-corrected chi connectivity index (χ4v) is 3.77. The molecule has 1 amide bonds. The van der Waals surface area contributed by atoms with E-state index >= 15 is 0 Å². The second-order valence-electron chi connectivity index (χ2n) is 8.83. The molecular weight excluding hydrogens is 430 g/mol. The molecule has 1 N–H and O–H groups in total. The van der Waals surface area contributed by atoms with Crippen LogP contribution in [0.4, 0.5) is 16.7 Å². The molecule has 1 fully saturated rings. The van der Waals surface area contributed by atoms with Crippen LogP contribution < -0.4 is 15.0 Å². The standard InChI is InChI=1S/C26H31N5O3/c1-5-20-16-33-26(32)31(20)25-29-23(15-17(2)3)28-24(30-25)27-18(4)19-11-13-22(14-12-19)34-21-9-7-6-8-10-21/h6-14,17-18,20H,5,15-16H2,1-4H3,(H,27,28,29,30)/t18-,20-/m0/s1. The Kier molecular flexibility index (Phi) is 7.25. The van der Waals surface area contributed by atoms with Gasteiger partial charge in [-0.3, -0.25) is 0 Å². The van der Waals surface area contributed by atoms with Gasteiger partial charge in [0.1, 0.15) is 23.9 Å². The maximum absolute atomic E-state index is 12.4. The number of carbonyl (C=O) groups excluding carboxylic acids is 1. The number of hydrogen-bond acceptors (Lipinski definition) is 7. The third kappa shape index (κ3) is 5.62. The number of hydrogen-bond donors (Lipinski definition) is 1. The van der Waals surface area contributed by atoms with E-state index in [0.29, 0.717) is 36.7 Å². The number of benzene rings is 2. The molecule has 1 aliphatic rings. The van der Waals surface area contributed by atoms with Gasteiger partial charge in [-0.2, -0.15) is 15.0 Å². The first-order valence-corrected chi connectivity index (χ1v) is 11.7. The number of rotatable bonds is 9. The number of carbonyl (C=O) groups is 1. The topological polar surface area (TPSA) is 89.5 Å². The maximum Gasteiger partial charge on any atom is 0.417 e. The molecule has 0 unspecified atom stereocenters. The zero-order valence-corrected chi connectivity index (χ0v) is 20.1. The summed E-state index contributed by atoms with van der Waals surface area (Å²) in [6, 6.07) is 17.4. The van der Waals surface area contributed by atoms with Gasteiger partial charge >= 0.3 is 6.09 Å². The third-order valence-electron chi connectivity index (χ3n) is 5.61. The van der Waals surface area contributed by atoms with Crippen molar-refractivity contribution in [2.24, 2.45) is 5.92 Å². The molecule has 0 saturated carbocycles. The van der Waals surface area contributed by atoms with Crippen LogP contribution in [0.5, 0.6) is 11.5 Å². The molecule has 178 valence electrons. The zero-order valence-electron chi connectivity index (χ0n) is 20.1. The summed E-state index contributed by atoms with van der Waals surface area (Å²) in [6.07, 6.45) is 1.03. The highest BCUT2D eigenvalue weighted by atomic mass is 16.6. The van der Waals surface area contributed by atoms with Crippen molar-refractivity contribution in [2.75, 3.05) is 16.8 Å². The highest BCUT2D eigenvalue weighted by Crippen LogP contribution is 2.26. The van der Waals surface area contributed by atoms with E-state index in [2.05, 4.69) is 34.1 Å². The number of nitrogens with one attached hydrogen (secondary N) is 1. The van der Waals surface area contributed by atoms with E-state index < -0.39 is 6.09 Å². The molecule has 2 aromatic carbocycles. The van der Waals surface area contributed by atoms with Gasteiger partial charge in [-0.05, 0) is 49.1 Å². The molecule has 1 aromatic heterocycles. The molecule has 1 saturated heterocycles. The third-order valence-corrected chi connectivity index (χ3v) is 5.61. The van der Waals surface area contributed by atoms with E-state index in [1.54, 1.807) is 0 Å². The summed E-state index contributed by atoms with van der Waals surface area (Å²) in [7, 11) is 0. The predicted octanol–water partition coefficient (Wildman–Crippen LogP) is 5.77. The van der Waals surface area contributed by atoms with Crippen molar-refractivity contribution in [2.45, 2.75) is 52.6 Å². The Labute approximate surface area is 200 Å². The Morgan fingerprint density at radius 2 is 1.74 bits per heavy atom. The smallest absolute Gasteiger partial charge is 0.417 e. The molecule has 1 aliphatic heterocycles. The summed E-state index contributed by atoms with van der Waals surface area (Å²) in [5, 5.41) is 3.37. The predicted molar refractivity (Wildman–Crippen MR) is 131 cm³/mol. The first kappa shape index (κ1) is 23.5. The minimum absolute atomic E-state index is 0.0690. The number of anilines is 2. The maximum atomic E-state index is 12.4. The van der Waals surface area contributed by atoms with Crippen molar-refractivity contribution < 1.29 is 14.3 Å². The molecule has 3 aromatic rings. The molecule has 0 radical (unpaired) electrons. The summed E-state index contributed by atoms with van der Waals surface area (Å²) in [6.45, 7) is 8.62. The Morgan fingerprint density at radius 3 is 2.41 bits per heavy atom. The van der Waals surface area contributed by atoms with Gasteiger partial charge in [-0.1, -0.05) is 51.1 Å². The molecule has 8 heteroatoms. The highest BCUT2D eigenvalue weighted by molar-refractivity contribution is 5.88. The van der Waals surface area contributed by atoms with Crippen molar-refractivity contribution in [1.29, 1.82) is 0 Å². The Balaban J connectivity index is 1.53. The van der Waals surface area contributed by atoms with E-state index in [1.807, 2.05) is 68.4 Å². The van der Waals surface area contributed by atoms with Crippen molar-refractivity contribution in [1.82, 2.24) is 15.0 Å². The second-order valence-corrected chi connectivity index (χ2v) is 8.83. The van der Waals surface area contributed by atoms with Crippen molar-refractivity contribution in [3.63, 3.8) is 0 Å². The van der Waals surface area contributed by atoms with Crippen LogP contribution in [0.3, 0.4) is 0 Å². The molecule has 0 aliphatic carbocycles. The van der Waals surface area contributed by atoms with Crippen LogP contribution in [0.15, 0.2) is 54.6 Å². The molecule has 8 nitrogen and oxygen atoms in total. The normalized spacial score (nSPS) is 16.4. The average molecular weight is 462 g/mol. The SMILES string of the molecule is CC[C@H]1COC(=O)N1c1nc(CC(C)C)nc(N[C@@H](C)c2ccc(Oc3ccccc3)cc2)n1. The van der Waals surface area contributed by atoms with Gasteiger partial charge in [0.15, 0.2) is 0 Å². The summed E-state index contributed by atoms with van der Waals surface area (Å²) >= 11 is 0. The van der Waals surface area contributed by atoms with Crippen LogP contribution in [0.1, 0.15) is 51.5 Å². The van der Waals surface area contributed by atoms with Gasteiger partial charge in [0.05, 0.1) is 12.1 Å². The number of para-hydroxylation sites is 1. The van der Waals surface area contributed by atoms with Crippen molar-refractivity contribution >= 4 is 18.0 Å². The van der Waals surface area contributed by atoms with Gasteiger partial charge < -0.3 is 14.8 Å². The average Bonchev–Trinajstić information content (AvgIpc) is 3.20. The van der Waals surface area contributed by atoms with Crippen molar-refractivity contribution in [3.8, 4) is 11.5 Å². The van der Waals surface area contributed by atoms with Crippen LogP contribution in [0.2, 0.25) is 0 Å². The zero-order chi connectivity index (χ0) is 24.1. The minimum atomic E-state index is -0.415. The lowest BCUT2D eigenvalue weighted by Gasteiger charge is -2.21. The van der Waals surface area contributed by atoms with E-state index in [1.165, 1.54) is 4.90 Å². The quantitative estimate of drug-likeness (QED) is 0.432. The first-order chi connectivity index (χ1) is 16.4. The molecular formula is C26H31N5O3. The molecule has 2 heterocycles. The number of amides is 1. The second kappa shape index (κ2) is 10.5. The summed E-state index contributed by atoms with van der Waals surface area (Å²) in [4.78, 5) is 27.7. The molecule has 0 spiro atoms. The molecule has 0 bridgehead atoms. The summed E-state index contributed by atoms with van der Waals surface area (Å²) in [5.41, 5.74) is 1.06. The highest BCUT2D eigenvalue weighted by Gasteiger charge is 2.35. The number of aromatic nitrogens is 3. The minimum Gasteiger partial charge on any atom is -0.457 e. The van der Waals surface area contributed by atoms with Crippen LogP contribution in [0.25, 0.3) is 0 Å².